The van der Waals surface area contributed by atoms with Crippen LogP contribution in [-0.4, -0.2) is 45.3 Å². The fourth-order valence-corrected chi connectivity index (χ4v) is 4.91. The molecule has 4 rings (SSSR count). The van der Waals surface area contributed by atoms with Gasteiger partial charge in [0.05, 0.1) is 17.4 Å². The van der Waals surface area contributed by atoms with Crippen molar-refractivity contribution in [2.75, 3.05) is 19.6 Å². The molecule has 156 valence electrons. The first-order chi connectivity index (χ1) is 13.7. The number of hydrogen-bond acceptors (Lipinski definition) is 4. The van der Waals surface area contributed by atoms with E-state index in [1.165, 1.54) is 18.3 Å². The zero-order valence-electron chi connectivity index (χ0n) is 16.1. The van der Waals surface area contributed by atoms with Gasteiger partial charge in [-0.15, -0.1) is 0 Å². The van der Waals surface area contributed by atoms with Crippen LogP contribution in [0.15, 0.2) is 42.6 Å². The second-order valence-corrected chi connectivity index (χ2v) is 8.54. The molecule has 0 amide bonds. The Bertz CT molecular complexity index is 823. The van der Waals surface area contributed by atoms with Crippen LogP contribution in [0.25, 0.3) is 0 Å². The standard InChI is InChI=1S/C22H25F3N2O2/c23-22(24,25)18-3-1-15(2-4-18)9-21(29)10-16-13-27(14-17(16)11-21)8-7-19-5-6-20(28)12-26-19/h1-6,12,16-17,28-29H,7-11,13-14H2/t16-,17?,21?/m0/s1. The van der Waals surface area contributed by atoms with Gasteiger partial charge in [0.25, 0.3) is 0 Å². The molecule has 3 atom stereocenters. The first kappa shape index (κ1) is 20.2. The van der Waals surface area contributed by atoms with Crippen LogP contribution >= 0.6 is 0 Å². The quantitative estimate of drug-likeness (QED) is 0.796. The summed E-state index contributed by atoms with van der Waals surface area (Å²) in [6, 6.07) is 8.61. The van der Waals surface area contributed by atoms with Gasteiger partial charge in [0, 0.05) is 38.2 Å². The van der Waals surface area contributed by atoms with Crippen molar-refractivity contribution in [1.29, 1.82) is 0 Å². The Hall–Kier alpha value is -2.12. The summed E-state index contributed by atoms with van der Waals surface area (Å²) in [5.74, 6) is 1.00. The monoisotopic (exact) mass is 406 g/mol. The lowest BCUT2D eigenvalue weighted by molar-refractivity contribution is -0.137. The molecular formula is C22H25F3N2O2. The third-order valence-electron chi connectivity index (χ3n) is 6.24. The lowest BCUT2D eigenvalue weighted by Crippen LogP contribution is -2.32. The lowest BCUT2D eigenvalue weighted by Gasteiger charge is -2.26. The van der Waals surface area contributed by atoms with Crippen LogP contribution in [-0.2, 0) is 19.0 Å². The molecule has 1 aromatic carbocycles. The van der Waals surface area contributed by atoms with Crippen LogP contribution in [0.3, 0.4) is 0 Å². The second kappa shape index (κ2) is 7.61. The number of aliphatic hydroxyl groups is 1. The zero-order valence-corrected chi connectivity index (χ0v) is 16.1. The van der Waals surface area contributed by atoms with Gasteiger partial charge in [-0.1, -0.05) is 12.1 Å². The van der Waals surface area contributed by atoms with Gasteiger partial charge in [-0.2, -0.15) is 13.2 Å². The first-order valence-electron chi connectivity index (χ1n) is 9.95. The molecule has 2 N–H and O–H groups in total. The van der Waals surface area contributed by atoms with E-state index in [2.05, 4.69) is 9.88 Å². The summed E-state index contributed by atoms with van der Waals surface area (Å²) >= 11 is 0. The van der Waals surface area contributed by atoms with E-state index in [0.717, 1.165) is 49.4 Å². The van der Waals surface area contributed by atoms with Crippen molar-refractivity contribution < 1.29 is 23.4 Å². The van der Waals surface area contributed by atoms with E-state index in [4.69, 9.17) is 0 Å². The molecule has 0 radical (unpaired) electrons. The SMILES string of the molecule is Oc1ccc(CCN2CC3CC(O)(Cc4ccc(C(F)(F)F)cc4)C[C@H]3C2)nc1. The first-order valence-corrected chi connectivity index (χ1v) is 9.95. The molecule has 0 spiro atoms. The molecule has 7 heteroatoms. The number of hydrogen-bond donors (Lipinski definition) is 2. The van der Waals surface area contributed by atoms with E-state index in [9.17, 15) is 23.4 Å². The molecule has 1 saturated heterocycles. The van der Waals surface area contributed by atoms with Gasteiger partial charge in [0.15, 0.2) is 0 Å². The number of nitrogens with zero attached hydrogens (tertiary/aromatic N) is 2. The molecule has 2 fully saturated rings. The molecule has 2 heterocycles. The summed E-state index contributed by atoms with van der Waals surface area (Å²) in [5, 5.41) is 20.3. The Labute approximate surface area is 168 Å². The van der Waals surface area contributed by atoms with Gasteiger partial charge in [0.2, 0.25) is 0 Å². The third-order valence-corrected chi connectivity index (χ3v) is 6.24. The number of fused-ring (bicyclic) bond motifs is 1. The molecule has 2 aliphatic rings. The third kappa shape index (κ3) is 4.73. The van der Waals surface area contributed by atoms with Gasteiger partial charge < -0.3 is 15.1 Å². The van der Waals surface area contributed by atoms with E-state index < -0.39 is 17.3 Å². The van der Waals surface area contributed by atoms with Crippen LogP contribution < -0.4 is 0 Å². The molecule has 0 bridgehead atoms. The van der Waals surface area contributed by atoms with E-state index >= 15 is 0 Å². The summed E-state index contributed by atoms with van der Waals surface area (Å²) in [6.45, 7) is 2.75. The highest BCUT2D eigenvalue weighted by atomic mass is 19.4. The van der Waals surface area contributed by atoms with Gasteiger partial charge >= 0.3 is 6.18 Å². The number of rotatable bonds is 5. The predicted octanol–water partition coefficient (Wildman–Crippen LogP) is 3.66. The highest BCUT2D eigenvalue weighted by Gasteiger charge is 2.47. The van der Waals surface area contributed by atoms with Crippen molar-refractivity contribution in [3.63, 3.8) is 0 Å². The van der Waals surface area contributed by atoms with Crippen LogP contribution in [0.4, 0.5) is 13.2 Å². The van der Waals surface area contributed by atoms with Crippen molar-refractivity contribution in [3.05, 3.63) is 59.4 Å². The van der Waals surface area contributed by atoms with E-state index in [0.29, 0.717) is 31.1 Å². The fraction of sp³-hybridized carbons (Fsp3) is 0.500. The summed E-state index contributed by atoms with van der Waals surface area (Å²) in [6.07, 6.45) is -0.293. The lowest BCUT2D eigenvalue weighted by atomic mass is 9.91. The number of alkyl halides is 3. The van der Waals surface area contributed by atoms with E-state index in [1.54, 1.807) is 6.07 Å². The Balaban J connectivity index is 1.29. The number of pyridine rings is 1. The molecule has 1 aromatic heterocycles. The summed E-state index contributed by atoms with van der Waals surface area (Å²) < 4.78 is 38.1. The zero-order chi connectivity index (χ0) is 20.6. The van der Waals surface area contributed by atoms with E-state index in [1.807, 2.05) is 6.07 Å². The molecule has 2 unspecified atom stereocenters. The van der Waals surface area contributed by atoms with Crippen molar-refractivity contribution in [2.24, 2.45) is 11.8 Å². The fourth-order valence-electron chi connectivity index (χ4n) is 4.91. The molecule has 1 aliphatic carbocycles. The summed E-state index contributed by atoms with van der Waals surface area (Å²) in [4.78, 5) is 6.61. The average Bonchev–Trinajstić information content (AvgIpc) is 3.15. The highest BCUT2D eigenvalue weighted by Crippen LogP contribution is 2.45. The predicted molar refractivity (Wildman–Crippen MR) is 102 cm³/mol. The minimum atomic E-state index is -4.33. The summed E-state index contributed by atoms with van der Waals surface area (Å²) in [7, 11) is 0. The maximum atomic E-state index is 12.7. The van der Waals surface area contributed by atoms with Crippen molar-refractivity contribution in [3.8, 4) is 5.75 Å². The topological polar surface area (TPSA) is 56.6 Å². The Kier molecular flexibility index (Phi) is 5.29. The highest BCUT2D eigenvalue weighted by molar-refractivity contribution is 5.26. The van der Waals surface area contributed by atoms with Crippen molar-refractivity contribution >= 4 is 0 Å². The number of benzene rings is 1. The smallest absolute Gasteiger partial charge is 0.416 e. The second-order valence-electron chi connectivity index (χ2n) is 8.54. The van der Waals surface area contributed by atoms with Crippen LogP contribution in [0.2, 0.25) is 0 Å². The maximum Gasteiger partial charge on any atom is 0.416 e. The molecule has 2 aromatic rings. The van der Waals surface area contributed by atoms with Gasteiger partial charge in [0.1, 0.15) is 5.75 Å². The number of aromatic nitrogens is 1. The van der Waals surface area contributed by atoms with Crippen LogP contribution in [0.1, 0.15) is 29.7 Å². The van der Waals surface area contributed by atoms with Crippen molar-refractivity contribution in [1.82, 2.24) is 9.88 Å². The molecular weight excluding hydrogens is 381 g/mol. The number of aromatic hydroxyl groups is 1. The van der Waals surface area contributed by atoms with Crippen LogP contribution in [0.5, 0.6) is 5.75 Å². The number of likely N-dealkylation sites (tertiary alicyclic amines) is 1. The van der Waals surface area contributed by atoms with Crippen molar-refractivity contribution in [2.45, 2.75) is 37.5 Å². The molecule has 4 nitrogen and oxygen atoms in total. The average molecular weight is 406 g/mol. The Morgan fingerprint density at radius 3 is 2.24 bits per heavy atom. The van der Waals surface area contributed by atoms with Gasteiger partial charge in [-0.3, -0.25) is 4.98 Å². The molecule has 1 aliphatic heterocycles. The maximum absolute atomic E-state index is 12.7. The Morgan fingerprint density at radius 2 is 1.69 bits per heavy atom. The van der Waals surface area contributed by atoms with Gasteiger partial charge in [-0.05, 0) is 54.5 Å². The largest absolute Gasteiger partial charge is 0.506 e. The summed E-state index contributed by atoms with van der Waals surface area (Å²) in [5.41, 5.74) is 0.198. The molecule has 29 heavy (non-hydrogen) atoms. The Morgan fingerprint density at radius 1 is 1.03 bits per heavy atom. The molecule has 1 saturated carbocycles. The van der Waals surface area contributed by atoms with Crippen LogP contribution in [0, 0.1) is 11.8 Å². The van der Waals surface area contributed by atoms with E-state index in [-0.39, 0.29) is 5.75 Å². The minimum Gasteiger partial charge on any atom is -0.506 e. The van der Waals surface area contributed by atoms with Gasteiger partial charge in [-0.25, -0.2) is 0 Å². The number of halogens is 3. The minimum absolute atomic E-state index is 0.164. The normalized spacial score (nSPS) is 27.3.